The van der Waals surface area contributed by atoms with Gasteiger partial charge in [-0.3, -0.25) is 14.2 Å². The predicted molar refractivity (Wildman–Crippen MR) is 129 cm³/mol. The quantitative estimate of drug-likeness (QED) is 0.308. The fourth-order valence-corrected chi connectivity index (χ4v) is 4.68. The lowest BCUT2D eigenvalue weighted by atomic mass is 10.1. The number of nitrogens with zero attached hydrogens (tertiary/aromatic N) is 2. The largest absolute Gasteiger partial charge is 0.586 e. The number of fused-ring (bicyclic) bond motifs is 2. The third kappa shape index (κ3) is 4.69. The van der Waals surface area contributed by atoms with Crippen LogP contribution in [0.15, 0.2) is 70.6 Å². The minimum Gasteiger partial charge on any atom is -0.395 e. The van der Waals surface area contributed by atoms with Gasteiger partial charge in [-0.2, -0.15) is 0 Å². The summed E-state index contributed by atoms with van der Waals surface area (Å²) in [6.07, 6.45) is -3.74. The molecular formula is C25H19F2N3O4S. The molecule has 1 aliphatic heterocycles. The topological polar surface area (TPSA) is 82.5 Å². The van der Waals surface area contributed by atoms with Crippen LogP contribution in [0.1, 0.15) is 11.1 Å². The van der Waals surface area contributed by atoms with Crippen molar-refractivity contribution in [1.29, 1.82) is 0 Å². The van der Waals surface area contributed by atoms with Crippen LogP contribution in [0, 0.1) is 13.8 Å². The Morgan fingerprint density at radius 3 is 2.51 bits per heavy atom. The number of rotatable bonds is 5. The van der Waals surface area contributed by atoms with Crippen molar-refractivity contribution >= 4 is 34.3 Å². The number of carbonyl (C=O) groups is 1. The van der Waals surface area contributed by atoms with Gasteiger partial charge in [0.2, 0.25) is 5.91 Å². The second kappa shape index (κ2) is 8.70. The van der Waals surface area contributed by atoms with Gasteiger partial charge in [0.1, 0.15) is 0 Å². The van der Waals surface area contributed by atoms with Gasteiger partial charge in [0.05, 0.1) is 22.3 Å². The van der Waals surface area contributed by atoms with Crippen LogP contribution >= 0.6 is 11.8 Å². The van der Waals surface area contributed by atoms with Gasteiger partial charge >= 0.3 is 6.29 Å². The monoisotopic (exact) mass is 495 g/mol. The molecule has 1 amide bonds. The van der Waals surface area contributed by atoms with E-state index < -0.39 is 12.2 Å². The fraction of sp³-hybridized carbons (Fsp3) is 0.160. The molecule has 0 bridgehead atoms. The first-order valence-electron chi connectivity index (χ1n) is 10.6. The Labute approximate surface area is 202 Å². The summed E-state index contributed by atoms with van der Waals surface area (Å²) in [5.41, 5.74) is 3.20. The fourth-order valence-electron chi connectivity index (χ4n) is 3.87. The standard InChI is InChI=1S/C25H19F2N3O4S/c1-14-9-15(2)11-17(10-14)30-23(32)18-5-3-4-6-19(18)29-24(30)35-13-22(31)28-16-7-8-20-21(12-16)34-25(26,27)33-20/h3-12H,13H2,1-2H3,(H,28,31). The summed E-state index contributed by atoms with van der Waals surface area (Å²) in [5.74, 6) is -0.754. The molecule has 10 heteroatoms. The number of amides is 1. The van der Waals surface area contributed by atoms with Crippen LogP contribution in [0.25, 0.3) is 16.6 Å². The maximum Gasteiger partial charge on any atom is 0.586 e. The first-order valence-corrected chi connectivity index (χ1v) is 11.6. The van der Waals surface area contributed by atoms with Crippen LogP contribution in [0.4, 0.5) is 14.5 Å². The Kier molecular flexibility index (Phi) is 5.68. The minimum absolute atomic E-state index is 0.0693. The third-order valence-electron chi connectivity index (χ3n) is 5.23. The number of nitrogens with one attached hydrogen (secondary N) is 1. The zero-order valence-corrected chi connectivity index (χ0v) is 19.5. The molecule has 0 saturated heterocycles. The number of ether oxygens (including phenoxy) is 2. The number of halogens is 2. The van der Waals surface area contributed by atoms with E-state index in [2.05, 4.69) is 19.8 Å². The Balaban J connectivity index is 1.42. The summed E-state index contributed by atoms with van der Waals surface area (Å²) < 4.78 is 36.8. The van der Waals surface area contributed by atoms with Crippen molar-refractivity contribution in [2.75, 3.05) is 11.1 Å². The molecule has 1 aliphatic rings. The summed E-state index contributed by atoms with van der Waals surface area (Å²) in [5, 5.41) is 3.47. The molecule has 0 fully saturated rings. The average molecular weight is 496 g/mol. The number of thioether (sulfide) groups is 1. The van der Waals surface area contributed by atoms with Crippen LogP contribution in [0.2, 0.25) is 0 Å². The number of para-hydroxylation sites is 1. The average Bonchev–Trinajstić information content (AvgIpc) is 3.10. The van der Waals surface area contributed by atoms with Crippen molar-refractivity contribution < 1.29 is 23.0 Å². The van der Waals surface area contributed by atoms with Crippen LogP contribution < -0.4 is 20.3 Å². The SMILES string of the molecule is Cc1cc(C)cc(-n2c(SCC(=O)Nc3ccc4c(c3)OC(F)(F)O4)nc3ccccc3c2=O)c1. The molecule has 4 aromatic rings. The molecule has 1 aromatic heterocycles. The zero-order chi connectivity index (χ0) is 24.7. The predicted octanol–water partition coefficient (Wildman–Crippen LogP) is 5.05. The molecule has 3 aromatic carbocycles. The number of benzene rings is 3. The van der Waals surface area contributed by atoms with E-state index in [1.54, 1.807) is 24.3 Å². The lowest BCUT2D eigenvalue weighted by molar-refractivity contribution is -0.286. The minimum atomic E-state index is -3.74. The molecule has 5 rings (SSSR count). The van der Waals surface area contributed by atoms with Crippen LogP contribution in [0.5, 0.6) is 11.5 Å². The number of hydrogen-bond donors (Lipinski definition) is 1. The summed E-state index contributed by atoms with van der Waals surface area (Å²) in [4.78, 5) is 30.7. The van der Waals surface area contributed by atoms with E-state index in [0.29, 0.717) is 21.7 Å². The van der Waals surface area contributed by atoms with Gasteiger partial charge in [-0.25, -0.2) is 4.98 Å². The van der Waals surface area contributed by atoms with Gasteiger partial charge in [-0.1, -0.05) is 30.0 Å². The molecule has 0 aliphatic carbocycles. The number of hydrogen-bond acceptors (Lipinski definition) is 6. The van der Waals surface area contributed by atoms with E-state index in [4.69, 9.17) is 0 Å². The van der Waals surface area contributed by atoms with Gasteiger partial charge in [-0.15, -0.1) is 8.78 Å². The van der Waals surface area contributed by atoms with Crippen molar-refractivity contribution in [2.24, 2.45) is 0 Å². The Bertz CT molecular complexity index is 1520. The molecule has 0 spiro atoms. The second-order valence-corrected chi connectivity index (χ2v) is 9.01. The highest BCUT2D eigenvalue weighted by atomic mass is 32.2. The second-order valence-electron chi connectivity index (χ2n) is 8.06. The number of aromatic nitrogens is 2. The van der Waals surface area contributed by atoms with Crippen LogP contribution in [-0.2, 0) is 4.79 Å². The first-order chi connectivity index (χ1) is 16.7. The number of aryl methyl sites for hydroxylation is 2. The smallest absolute Gasteiger partial charge is 0.395 e. The van der Waals surface area contributed by atoms with Gasteiger partial charge in [-0.05, 0) is 61.4 Å². The molecule has 1 N–H and O–H groups in total. The highest BCUT2D eigenvalue weighted by molar-refractivity contribution is 7.99. The van der Waals surface area contributed by atoms with Crippen molar-refractivity contribution in [3.63, 3.8) is 0 Å². The van der Waals surface area contributed by atoms with Crippen molar-refractivity contribution in [1.82, 2.24) is 9.55 Å². The lowest BCUT2D eigenvalue weighted by Crippen LogP contribution is -2.25. The van der Waals surface area contributed by atoms with E-state index in [9.17, 15) is 18.4 Å². The molecule has 0 atom stereocenters. The highest BCUT2D eigenvalue weighted by Gasteiger charge is 2.43. The molecule has 178 valence electrons. The zero-order valence-electron chi connectivity index (χ0n) is 18.7. The van der Waals surface area contributed by atoms with Crippen LogP contribution in [0.3, 0.4) is 0 Å². The third-order valence-corrected chi connectivity index (χ3v) is 6.17. The molecular weight excluding hydrogens is 476 g/mol. The molecule has 0 saturated carbocycles. The molecule has 35 heavy (non-hydrogen) atoms. The van der Waals surface area contributed by atoms with Gasteiger partial charge in [0.15, 0.2) is 16.7 Å². The van der Waals surface area contributed by atoms with Crippen molar-refractivity contribution in [3.05, 3.63) is 82.1 Å². The van der Waals surface area contributed by atoms with Gasteiger partial charge in [0.25, 0.3) is 5.56 Å². The molecule has 0 radical (unpaired) electrons. The Morgan fingerprint density at radius 2 is 1.74 bits per heavy atom. The van der Waals surface area contributed by atoms with Crippen LogP contribution in [-0.4, -0.2) is 27.5 Å². The van der Waals surface area contributed by atoms with E-state index in [1.807, 2.05) is 32.0 Å². The maximum atomic E-state index is 13.4. The molecule has 7 nitrogen and oxygen atoms in total. The highest BCUT2D eigenvalue weighted by Crippen LogP contribution is 2.42. The molecule has 2 heterocycles. The number of carbonyl (C=O) groups excluding carboxylic acids is 1. The van der Waals surface area contributed by atoms with Crippen molar-refractivity contribution in [2.45, 2.75) is 25.3 Å². The maximum absolute atomic E-state index is 13.4. The summed E-state index contributed by atoms with van der Waals surface area (Å²) >= 11 is 1.10. The van der Waals surface area contributed by atoms with Crippen molar-refractivity contribution in [3.8, 4) is 17.2 Å². The Morgan fingerprint density at radius 1 is 1.03 bits per heavy atom. The lowest BCUT2D eigenvalue weighted by Gasteiger charge is -2.14. The summed E-state index contributed by atoms with van der Waals surface area (Å²) in [6, 6.07) is 16.8. The summed E-state index contributed by atoms with van der Waals surface area (Å²) in [6.45, 7) is 3.88. The number of anilines is 1. The van der Waals surface area contributed by atoms with E-state index in [-0.39, 0.29) is 28.5 Å². The normalized spacial score (nSPS) is 13.7. The van der Waals surface area contributed by atoms with Gasteiger partial charge < -0.3 is 14.8 Å². The Hall–Kier alpha value is -3.92. The molecule has 0 unspecified atom stereocenters. The summed E-state index contributed by atoms with van der Waals surface area (Å²) in [7, 11) is 0. The van der Waals surface area contributed by atoms with E-state index in [0.717, 1.165) is 22.9 Å². The first kappa shape index (κ1) is 22.9. The van der Waals surface area contributed by atoms with E-state index >= 15 is 0 Å². The number of alkyl halides is 2. The van der Waals surface area contributed by atoms with Gasteiger partial charge in [0, 0.05) is 11.8 Å². The van der Waals surface area contributed by atoms with E-state index in [1.165, 1.54) is 22.8 Å².